The molecule has 0 N–H and O–H groups in total. The molecule has 13 heavy (non-hydrogen) atoms. The van der Waals surface area contributed by atoms with Gasteiger partial charge in [-0.1, -0.05) is 5.10 Å². The van der Waals surface area contributed by atoms with Gasteiger partial charge in [-0.15, -0.1) is 4.68 Å². The van der Waals surface area contributed by atoms with Crippen LogP contribution in [0.15, 0.2) is 6.20 Å². The molecule has 6 nitrogen and oxygen atoms in total. The number of nitro groups is 1. The highest BCUT2D eigenvalue weighted by molar-refractivity contribution is 5.41. The van der Waals surface area contributed by atoms with Crippen molar-refractivity contribution >= 4 is 5.82 Å². The number of hydrogen-bond acceptors (Lipinski definition) is 4. The molecule has 1 aromatic heterocycles. The Labute approximate surface area is 74.5 Å². The number of rotatable bonds is 2. The highest BCUT2D eigenvalue weighted by Crippen LogP contribution is 2.20. The molecule has 0 amide bonds. The summed E-state index contributed by atoms with van der Waals surface area (Å²) in [6.07, 6.45) is 1.21. The molecular weight excluding hydrogens is 172 g/mol. The van der Waals surface area contributed by atoms with Crippen LogP contribution in [0.25, 0.3) is 0 Å². The Morgan fingerprint density at radius 1 is 1.77 bits per heavy atom. The van der Waals surface area contributed by atoms with Gasteiger partial charge in [0, 0.05) is 0 Å². The monoisotopic (exact) mass is 180 g/mol. The van der Waals surface area contributed by atoms with Crippen LogP contribution in [0.5, 0.6) is 0 Å². The summed E-state index contributed by atoms with van der Waals surface area (Å²) in [5.41, 5.74) is -0.00120. The fourth-order valence-corrected chi connectivity index (χ4v) is 0.995. The normalized spacial score (nSPS) is 10.0. The topological polar surface area (TPSA) is 84.8 Å². The van der Waals surface area contributed by atoms with E-state index in [1.807, 2.05) is 0 Å². The van der Waals surface area contributed by atoms with Gasteiger partial charge in [0.1, 0.15) is 12.1 Å². The molecule has 0 aromatic carbocycles. The number of nitriles is 1. The minimum atomic E-state index is -0.592. The van der Waals surface area contributed by atoms with Crippen LogP contribution in [0.3, 0.4) is 0 Å². The standard InChI is InChI=1S/C7H8N4O2/c1-5(2)10-7(11(12)13)6(3-8)4-9-10/h4-5H,1-2H3. The van der Waals surface area contributed by atoms with Gasteiger partial charge in [-0.3, -0.25) is 0 Å². The lowest BCUT2D eigenvalue weighted by atomic mass is 10.3. The lowest BCUT2D eigenvalue weighted by Crippen LogP contribution is -2.07. The Bertz CT molecular complexity index is 374. The van der Waals surface area contributed by atoms with Crippen LogP contribution in [-0.2, 0) is 0 Å². The lowest BCUT2D eigenvalue weighted by molar-refractivity contribution is -0.393. The van der Waals surface area contributed by atoms with Crippen LogP contribution in [0, 0.1) is 21.4 Å². The minimum absolute atomic E-state index is 0.00120. The number of nitrogens with zero attached hydrogens (tertiary/aromatic N) is 4. The van der Waals surface area contributed by atoms with E-state index in [0.717, 1.165) is 0 Å². The number of aromatic nitrogens is 2. The van der Waals surface area contributed by atoms with Crippen LogP contribution < -0.4 is 0 Å². The van der Waals surface area contributed by atoms with Crippen molar-refractivity contribution in [2.75, 3.05) is 0 Å². The van der Waals surface area contributed by atoms with Crippen LogP contribution in [0.1, 0.15) is 25.5 Å². The maximum absolute atomic E-state index is 10.6. The molecule has 0 aliphatic rings. The van der Waals surface area contributed by atoms with Crippen molar-refractivity contribution in [3.8, 4) is 6.07 Å². The molecule has 68 valence electrons. The van der Waals surface area contributed by atoms with Crippen molar-refractivity contribution in [3.63, 3.8) is 0 Å². The van der Waals surface area contributed by atoms with Crippen molar-refractivity contribution in [2.45, 2.75) is 19.9 Å². The predicted octanol–water partition coefficient (Wildman–Crippen LogP) is 1.24. The van der Waals surface area contributed by atoms with Gasteiger partial charge in [-0.25, -0.2) is 0 Å². The Morgan fingerprint density at radius 3 is 2.77 bits per heavy atom. The van der Waals surface area contributed by atoms with Crippen molar-refractivity contribution in [1.29, 1.82) is 5.26 Å². The Balaban J connectivity index is 3.32. The SMILES string of the molecule is CC(C)n1ncc(C#N)c1[N+](=O)[O-]. The van der Waals surface area contributed by atoms with Crippen molar-refractivity contribution < 1.29 is 4.92 Å². The summed E-state index contributed by atoms with van der Waals surface area (Å²) in [6.45, 7) is 3.53. The fraction of sp³-hybridized carbons (Fsp3) is 0.429. The first-order chi connectivity index (χ1) is 6.07. The first-order valence-corrected chi connectivity index (χ1v) is 3.70. The molecule has 0 atom stereocenters. The summed E-state index contributed by atoms with van der Waals surface area (Å²) in [5, 5.41) is 22.9. The molecule has 0 saturated carbocycles. The Morgan fingerprint density at radius 2 is 2.38 bits per heavy atom. The summed E-state index contributed by atoms with van der Waals surface area (Å²) in [6, 6.07) is 1.60. The average molecular weight is 180 g/mol. The van der Waals surface area contributed by atoms with E-state index in [0.29, 0.717) is 0 Å². The molecule has 0 spiro atoms. The third-order valence-electron chi connectivity index (χ3n) is 1.55. The van der Waals surface area contributed by atoms with E-state index in [-0.39, 0.29) is 17.4 Å². The van der Waals surface area contributed by atoms with Crippen molar-refractivity contribution in [3.05, 3.63) is 21.9 Å². The lowest BCUT2D eigenvalue weighted by Gasteiger charge is -2.01. The summed E-state index contributed by atoms with van der Waals surface area (Å²) in [5.74, 6) is -0.238. The maximum Gasteiger partial charge on any atom is 0.363 e. The minimum Gasteiger partial charge on any atom is -0.358 e. The molecule has 1 heterocycles. The van der Waals surface area contributed by atoms with E-state index in [1.165, 1.54) is 10.9 Å². The van der Waals surface area contributed by atoms with Gasteiger partial charge in [-0.2, -0.15) is 5.26 Å². The van der Waals surface area contributed by atoms with E-state index in [4.69, 9.17) is 5.26 Å². The summed E-state index contributed by atoms with van der Waals surface area (Å²) >= 11 is 0. The molecule has 0 unspecified atom stereocenters. The summed E-state index contributed by atoms with van der Waals surface area (Å²) < 4.78 is 1.22. The first kappa shape index (κ1) is 9.19. The predicted molar refractivity (Wildman–Crippen MR) is 44.0 cm³/mol. The van der Waals surface area contributed by atoms with E-state index >= 15 is 0 Å². The van der Waals surface area contributed by atoms with E-state index in [2.05, 4.69) is 5.10 Å². The second-order valence-electron chi connectivity index (χ2n) is 2.79. The zero-order valence-corrected chi connectivity index (χ0v) is 7.26. The van der Waals surface area contributed by atoms with Gasteiger partial charge in [0.25, 0.3) is 0 Å². The van der Waals surface area contributed by atoms with Crippen molar-refractivity contribution in [2.24, 2.45) is 0 Å². The second kappa shape index (κ2) is 3.23. The van der Waals surface area contributed by atoms with Gasteiger partial charge in [0.2, 0.25) is 0 Å². The summed E-state index contributed by atoms with van der Waals surface area (Å²) in [4.78, 5) is 9.97. The smallest absolute Gasteiger partial charge is 0.358 e. The van der Waals surface area contributed by atoms with Gasteiger partial charge in [-0.05, 0) is 18.8 Å². The van der Waals surface area contributed by atoms with E-state index < -0.39 is 4.92 Å². The highest BCUT2D eigenvalue weighted by Gasteiger charge is 2.23. The highest BCUT2D eigenvalue weighted by atomic mass is 16.6. The molecule has 0 radical (unpaired) electrons. The fourth-order valence-electron chi connectivity index (χ4n) is 0.995. The van der Waals surface area contributed by atoms with Crippen LogP contribution >= 0.6 is 0 Å². The molecule has 0 saturated heterocycles. The molecular formula is C7H8N4O2. The third kappa shape index (κ3) is 1.49. The van der Waals surface area contributed by atoms with Gasteiger partial charge in [0.05, 0.1) is 6.20 Å². The second-order valence-corrected chi connectivity index (χ2v) is 2.79. The zero-order chi connectivity index (χ0) is 10.0. The van der Waals surface area contributed by atoms with Gasteiger partial charge < -0.3 is 10.1 Å². The zero-order valence-electron chi connectivity index (χ0n) is 7.26. The maximum atomic E-state index is 10.6. The largest absolute Gasteiger partial charge is 0.363 e. The quantitative estimate of drug-likeness (QED) is 0.506. The Hall–Kier alpha value is -1.90. The molecule has 1 aromatic rings. The van der Waals surface area contributed by atoms with Gasteiger partial charge >= 0.3 is 5.82 Å². The first-order valence-electron chi connectivity index (χ1n) is 3.70. The van der Waals surface area contributed by atoms with Crippen molar-refractivity contribution in [1.82, 2.24) is 9.78 Å². The number of hydrogen-bond donors (Lipinski definition) is 0. The van der Waals surface area contributed by atoms with Crippen LogP contribution in [-0.4, -0.2) is 14.7 Å². The van der Waals surface area contributed by atoms with Gasteiger partial charge in [0.15, 0.2) is 5.56 Å². The summed E-state index contributed by atoms with van der Waals surface area (Å²) in [7, 11) is 0. The Kier molecular flexibility index (Phi) is 2.28. The van der Waals surface area contributed by atoms with E-state index in [1.54, 1.807) is 19.9 Å². The average Bonchev–Trinajstić information content (AvgIpc) is 2.46. The third-order valence-corrected chi connectivity index (χ3v) is 1.55. The molecule has 1 rings (SSSR count). The van der Waals surface area contributed by atoms with E-state index in [9.17, 15) is 10.1 Å². The molecule has 0 aliphatic heterocycles. The molecule has 0 fully saturated rings. The molecule has 0 aliphatic carbocycles. The van der Waals surface area contributed by atoms with Crippen LogP contribution in [0.2, 0.25) is 0 Å². The van der Waals surface area contributed by atoms with Crippen LogP contribution in [0.4, 0.5) is 5.82 Å². The molecule has 0 bridgehead atoms. The molecule has 6 heteroatoms.